The van der Waals surface area contributed by atoms with Gasteiger partial charge in [0.25, 0.3) is 0 Å². The Bertz CT molecular complexity index is 4770. The van der Waals surface area contributed by atoms with Crippen LogP contribution in [0.1, 0.15) is 11.1 Å². The van der Waals surface area contributed by atoms with Gasteiger partial charge in [0.2, 0.25) is 5.95 Å². The van der Waals surface area contributed by atoms with E-state index in [-0.39, 0.29) is 0 Å². The fourth-order valence-corrected chi connectivity index (χ4v) is 11.7. The fraction of sp³-hybridized carbons (Fsp3) is 0.0130. The fourth-order valence-electron chi connectivity index (χ4n) is 11.7. The van der Waals surface area contributed by atoms with Gasteiger partial charge in [0, 0.05) is 51.2 Å². The van der Waals surface area contributed by atoms with Gasteiger partial charge >= 0.3 is 0 Å². The van der Waals surface area contributed by atoms with E-state index >= 15 is 0 Å². The molecular weight excluding hydrogens is 1010 g/mol. The number of hydrogen-bond donors (Lipinski definition) is 0. The van der Waals surface area contributed by atoms with E-state index in [2.05, 4.69) is 264 Å². The first-order chi connectivity index (χ1) is 41.0. The Hall–Kier alpha value is -11.1. The van der Waals surface area contributed by atoms with Crippen LogP contribution in [0.3, 0.4) is 0 Å². The van der Waals surface area contributed by atoms with Crippen molar-refractivity contribution in [3.05, 3.63) is 309 Å². The van der Waals surface area contributed by atoms with Crippen LogP contribution in [0.5, 0.6) is 0 Å². The van der Waals surface area contributed by atoms with Gasteiger partial charge < -0.3 is 4.90 Å². The summed E-state index contributed by atoms with van der Waals surface area (Å²) in [5, 5.41) is 7.02. The molecule has 0 saturated carbocycles. The first-order valence-electron chi connectivity index (χ1n) is 28.1. The summed E-state index contributed by atoms with van der Waals surface area (Å²) < 4.78 is 2.31. The topological polar surface area (TPSA) is 59.7 Å². The molecular formula is C77H52N6. The van der Waals surface area contributed by atoms with E-state index in [0.717, 1.165) is 117 Å². The molecule has 0 unspecified atom stereocenters. The molecule has 0 fully saturated rings. The predicted molar refractivity (Wildman–Crippen MR) is 346 cm³/mol. The van der Waals surface area contributed by atoms with Gasteiger partial charge in [0.15, 0.2) is 5.82 Å². The lowest BCUT2D eigenvalue weighted by molar-refractivity contribution is 0.991. The lowest BCUT2D eigenvalue weighted by atomic mass is 9.94. The first-order valence-corrected chi connectivity index (χ1v) is 28.1. The van der Waals surface area contributed by atoms with Crippen LogP contribution in [0.15, 0.2) is 298 Å². The van der Waals surface area contributed by atoms with E-state index in [4.69, 9.17) is 26.5 Å². The first kappa shape index (κ1) is 49.0. The van der Waals surface area contributed by atoms with E-state index in [0.29, 0.717) is 18.3 Å². The second-order valence-electron chi connectivity index (χ2n) is 21.1. The number of hydrogen-bond acceptors (Lipinski definition) is 5. The molecule has 4 heterocycles. The molecule has 0 amide bonds. The third kappa shape index (κ3) is 9.34. The van der Waals surface area contributed by atoms with Gasteiger partial charge in [-0.15, -0.1) is 0 Å². The molecule has 83 heavy (non-hydrogen) atoms. The van der Waals surface area contributed by atoms with Crippen molar-refractivity contribution < 1.29 is 0 Å². The Balaban J connectivity index is 0.928. The Labute approximate surface area is 481 Å². The van der Waals surface area contributed by atoms with Gasteiger partial charge in [-0.3, -0.25) is 4.57 Å². The number of benzene rings is 11. The Morgan fingerprint density at radius 1 is 0.349 bits per heavy atom. The van der Waals surface area contributed by atoms with Crippen molar-refractivity contribution in [2.24, 2.45) is 0 Å². The molecule has 0 atom stereocenters. The summed E-state index contributed by atoms with van der Waals surface area (Å²) in [4.78, 5) is 23.5. The van der Waals surface area contributed by atoms with Gasteiger partial charge in [-0.2, -0.15) is 0 Å². The zero-order chi connectivity index (χ0) is 55.2. The van der Waals surface area contributed by atoms with Gasteiger partial charge in [0.05, 0.1) is 33.8 Å². The Morgan fingerprint density at radius 2 is 0.807 bits per heavy atom. The van der Waals surface area contributed by atoms with Crippen LogP contribution in [0.2, 0.25) is 0 Å². The molecule has 0 bridgehead atoms. The average molecular weight is 1060 g/mol. The molecule has 15 rings (SSSR count). The van der Waals surface area contributed by atoms with Crippen molar-refractivity contribution in [2.45, 2.75) is 0 Å². The maximum atomic E-state index is 5.38. The quantitative estimate of drug-likeness (QED) is 0.144. The second kappa shape index (κ2) is 20.9. The summed E-state index contributed by atoms with van der Waals surface area (Å²) >= 11 is 0. The molecule has 1 aliphatic rings. The van der Waals surface area contributed by atoms with Gasteiger partial charge in [0.1, 0.15) is 5.82 Å². The normalized spacial score (nSPS) is 13.6. The van der Waals surface area contributed by atoms with Crippen molar-refractivity contribution >= 4 is 66.1 Å². The smallest absolute Gasteiger partial charge is 0.231 e. The highest BCUT2D eigenvalue weighted by Crippen LogP contribution is 2.42. The number of fused-ring (bicyclic) bond motifs is 6. The molecule has 0 N–H and O–H groups in total. The zero-order valence-electron chi connectivity index (χ0n) is 45.3. The molecule has 0 aliphatic carbocycles. The van der Waals surface area contributed by atoms with Gasteiger partial charge in [-0.1, -0.05) is 231 Å². The SMILES string of the molecule is C=C1/C=C(c2ccc3ccccc3c2)\C=C/CN(c2nc(-c3ccccc3)cc(-c3ccccc3)n2)c2ccc(-c3ccc4c(c3)c3cc(-c5ccc6ccccc6c5)ccc3n4-c3cc(-c4ccccc4)nc(-c4ccccc4)n3)cc21. The van der Waals surface area contributed by atoms with Gasteiger partial charge in [-0.25, -0.2) is 19.9 Å². The van der Waals surface area contributed by atoms with Crippen molar-refractivity contribution in [1.82, 2.24) is 24.5 Å². The van der Waals surface area contributed by atoms with E-state index in [1.807, 2.05) is 36.4 Å². The maximum absolute atomic E-state index is 5.38. The van der Waals surface area contributed by atoms with Crippen LogP contribution in [0.4, 0.5) is 11.6 Å². The molecule has 11 aromatic carbocycles. The monoisotopic (exact) mass is 1060 g/mol. The summed E-state index contributed by atoms with van der Waals surface area (Å²) in [5.74, 6) is 2.04. The van der Waals surface area contributed by atoms with Crippen LogP contribution >= 0.6 is 0 Å². The molecule has 0 spiro atoms. The Kier molecular flexibility index (Phi) is 12.3. The van der Waals surface area contributed by atoms with Crippen LogP contribution in [0, 0.1) is 0 Å². The predicted octanol–water partition coefficient (Wildman–Crippen LogP) is 19.5. The molecule has 6 nitrogen and oxygen atoms in total. The third-order valence-corrected chi connectivity index (χ3v) is 16.0. The minimum absolute atomic E-state index is 0.503. The van der Waals surface area contributed by atoms with Crippen molar-refractivity contribution in [3.8, 4) is 73.2 Å². The summed E-state index contributed by atoms with van der Waals surface area (Å²) in [6.45, 7) is 5.38. The molecule has 3 aromatic heterocycles. The summed E-state index contributed by atoms with van der Waals surface area (Å²) in [7, 11) is 0. The van der Waals surface area contributed by atoms with Crippen molar-refractivity contribution in [1.29, 1.82) is 0 Å². The van der Waals surface area contributed by atoms with Crippen LogP contribution in [-0.4, -0.2) is 31.0 Å². The standard InChI is InChI=1S/C77H52N6/c1-51-43-58(61-34-32-52-19-14-16-29-59(52)44-61)31-18-42-82(77-79-69(54-21-6-2-7-22-54)49-70(80-77)55-23-8-3-9-24-55)72-39-36-63(46-66(51)72)65-38-41-74-68(48-65)67-47-64(62-35-33-53-20-15-17-30-60(53)45-62)37-40-73(67)83(74)75-50-71(56-25-10-4-11-26-56)78-76(81-75)57-27-12-5-13-28-57/h2-41,43-50H,1,42H2/b31-18-,58-43+. The van der Waals surface area contributed by atoms with Crippen molar-refractivity contribution in [2.75, 3.05) is 11.4 Å². The van der Waals surface area contributed by atoms with E-state index in [1.54, 1.807) is 0 Å². The number of rotatable bonds is 9. The summed E-state index contributed by atoms with van der Waals surface area (Å²) in [5.41, 5.74) is 18.0. The number of anilines is 2. The number of nitrogens with zero attached hydrogens (tertiary/aromatic N) is 6. The van der Waals surface area contributed by atoms with Crippen LogP contribution < -0.4 is 4.90 Å². The molecule has 14 aromatic rings. The van der Waals surface area contributed by atoms with Gasteiger partial charge in [-0.05, 0) is 121 Å². The molecule has 1 aliphatic heterocycles. The molecule has 6 heteroatoms. The van der Waals surface area contributed by atoms with Crippen LogP contribution in [0.25, 0.3) is 128 Å². The highest BCUT2D eigenvalue weighted by atomic mass is 15.3. The third-order valence-electron chi connectivity index (χ3n) is 16.0. The number of aromatic nitrogens is 5. The minimum Gasteiger partial charge on any atom is -0.306 e. The zero-order valence-corrected chi connectivity index (χ0v) is 45.3. The van der Waals surface area contributed by atoms with Crippen LogP contribution in [-0.2, 0) is 0 Å². The highest BCUT2D eigenvalue weighted by molar-refractivity contribution is 6.12. The maximum Gasteiger partial charge on any atom is 0.231 e. The molecule has 0 saturated heterocycles. The summed E-state index contributed by atoms with van der Waals surface area (Å²) in [6, 6.07) is 96.5. The summed E-state index contributed by atoms with van der Waals surface area (Å²) in [6.07, 6.45) is 6.66. The lowest BCUT2D eigenvalue weighted by Crippen LogP contribution is -2.21. The second-order valence-corrected chi connectivity index (χ2v) is 21.1. The van der Waals surface area contributed by atoms with E-state index < -0.39 is 0 Å². The minimum atomic E-state index is 0.503. The van der Waals surface area contributed by atoms with E-state index in [9.17, 15) is 0 Å². The highest BCUT2D eigenvalue weighted by Gasteiger charge is 2.23. The Morgan fingerprint density at radius 3 is 1.39 bits per heavy atom. The molecule has 0 radical (unpaired) electrons. The lowest BCUT2D eigenvalue weighted by Gasteiger charge is -2.26. The molecule has 390 valence electrons. The van der Waals surface area contributed by atoms with Crippen molar-refractivity contribution in [3.63, 3.8) is 0 Å². The van der Waals surface area contributed by atoms with E-state index in [1.165, 1.54) is 21.5 Å². The number of allylic oxidation sites excluding steroid dienone is 4. The largest absolute Gasteiger partial charge is 0.306 e. The average Bonchev–Trinajstić information content (AvgIpc) is 3.94.